The van der Waals surface area contributed by atoms with Crippen LogP contribution in [0.2, 0.25) is 0 Å². The van der Waals surface area contributed by atoms with E-state index in [2.05, 4.69) is 5.10 Å². The van der Waals surface area contributed by atoms with Crippen LogP contribution >= 0.6 is 0 Å². The van der Waals surface area contributed by atoms with Gasteiger partial charge in [-0.1, -0.05) is 0 Å². The third kappa shape index (κ3) is 0.572. The van der Waals surface area contributed by atoms with E-state index in [4.69, 9.17) is 0 Å². The molecule has 0 aliphatic rings. The molecule has 0 aliphatic heterocycles. The van der Waals surface area contributed by atoms with Crippen molar-refractivity contribution in [2.45, 2.75) is 0 Å². The predicted octanol–water partition coefficient (Wildman–Crippen LogP) is 1.89. The molecule has 0 saturated heterocycles. The van der Waals surface area contributed by atoms with Gasteiger partial charge in [0.25, 0.3) is 0 Å². The number of aryl methyl sites for hydroxylation is 1. The molecule has 0 saturated carbocycles. The van der Waals surface area contributed by atoms with Crippen molar-refractivity contribution >= 4 is 11.0 Å². The Hall–Kier alpha value is -1.25. The molecule has 3 heteroatoms. The van der Waals surface area contributed by atoms with E-state index in [-0.39, 0.29) is 7.24 Å². The lowest BCUT2D eigenvalue weighted by Crippen LogP contribution is -2.04. The van der Waals surface area contributed by atoms with E-state index in [1.807, 2.05) is 7.05 Å². The Morgan fingerprint density at radius 2 is 2.40 bits per heavy atom. The SMILES string of the molecule is Cn1[nH]c2ccc(F)cc21.[HH]. The summed E-state index contributed by atoms with van der Waals surface area (Å²) in [4.78, 5) is 0. The monoisotopic (exact) mass is 140 g/mol. The molecule has 0 atom stereocenters. The largest absolute Gasteiger partial charge is 0.296 e. The summed E-state index contributed by atoms with van der Waals surface area (Å²) in [5, 5.41) is 2.98. The topological polar surface area (TPSA) is 20.7 Å². The third-order valence-electron chi connectivity index (χ3n) is 1.61. The van der Waals surface area contributed by atoms with Gasteiger partial charge >= 0.3 is 0 Å². The van der Waals surface area contributed by atoms with Crippen LogP contribution in [0.5, 0.6) is 0 Å². The van der Waals surface area contributed by atoms with Gasteiger partial charge in [0.1, 0.15) is 5.82 Å². The highest BCUT2D eigenvalue weighted by Gasteiger charge is 2.00. The van der Waals surface area contributed by atoms with E-state index >= 15 is 0 Å². The average molecular weight is 140 g/mol. The summed E-state index contributed by atoms with van der Waals surface area (Å²) < 4.78 is 14.3. The maximum absolute atomic E-state index is 12.5. The van der Waals surface area contributed by atoms with Crippen molar-refractivity contribution in [1.29, 1.82) is 0 Å². The number of H-pyrrole nitrogens is 1. The Balaban J connectivity index is 0.000000605. The van der Waals surface area contributed by atoms with E-state index in [1.165, 1.54) is 12.1 Å². The first kappa shape index (κ1) is 5.53. The third-order valence-corrected chi connectivity index (χ3v) is 1.61. The van der Waals surface area contributed by atoms with Crippen LogP contribution in [0.3, 0.4) is 0 Å². The number of rotatable bonds is 0. The molecular formula is C7H9FN2. The van der Waals surface area contributed by atoms with Gasteiger partial charge < -0.3 is 0 Å². The normalized spacial score (nSPS) is 11.0. The molecule has 0 amide bonds. The van der Waals surface area contributed by atoms with Crippen molar-refractivity contribution in [2.75, 3.05) is 0 Å². The summed E-state index contributed by atoms with van der Waals surface area (Å²) >= 11 is 0. The number of hydrogen-bond acceptors (Lipinski definition) is 0. The second-order valence-electron chi connectivity index (χ2n) is 2.33. The van der Waals surface area contributed by atoms with Crippen LogP contribution in [0.4, 0.5) is 4.39 Å². The minimum absolute atomic E-state index is 0. The summed E-state index contributed by atoms with van der Waals surface area (Å²) in [5.74, 6) is -0.188. The number of halogens is 1. The van der Waals surface area contributed by atoms with Gasteiger partial charge in [0.15, 0.2) is 0 Å². The molecule has 0 aliphatic carbocycles. The van der Waals surface area contributed by atoms with Crippen LogP contribution < -0.4 is 0 Å². The van der Waals surface area contributed by atoms with E-state index in [0.717, 1.165) is 11.0 Å². The molecule has 1 heterocycles. The van der Waals surface area contributed by atoms with E-state index in [9.17, 15) is 4.39 Å². The van der Waals surface area contributed by atoms with Gasteiger partial charge in [0.2, 0.25) is 0 Å². The van der Waals surface area contributed by atoms with Crippen molar-refractivity contribution in [2.24, 2.45) is 7.05 Å². The smallest absolute Gasteiger partial charge is 0.125 e. The molecule has 54 valence electrons. The standard InChI is InChI=1S/C7H7FN2.H2/c1-10-7-4-5(8)2-3-6(7)9-10;/h2-4,9H,1H3;1H. The molecule has 2 aromatic rings. The fourth-order valence-corrected chi connectivity index (χ4v) is 1.06. The van der Waals surface area contributed by atoms with Gasteiger partial charge in [0, 0.05) is 14.5 Å². The van der Waals surface area contributed by atoms with Crippen molar-refractivity contribution < 1.29 is 5.82 Å². The zero-order valence-corrected chi connectivity index (χ0v) is 5.56. The van der Waals surface area contributed by atoms with Gasteiger partial charge in [-0.3, -0.25) is 9.78 Å². The zero-order chi connectivity index (χ0) is 7.14. The lowest BCUT2D eigenvalue weighted by molar-refractivity contribution is 0.625. The van der Waals surface area contributed by atoms with Crippen LogP contribution in [-0.2, 0) is 7.05 Å². The van der Waals surface area contributed by atoms with Crippen LogP contribution in [0.1, 0.15) is 1.43 Å². The number of aromatic nitrogens is 2. The molecule has 0 fully saturated rings. The molecule has 2 nitrogen and oxygen atoms in total. The van der Waals surface area contributed by atoms with Crippen LogP contribution in [-0.4, -0.2) is 9.78 Å². The second kappa shape index (κ2) is 1.62. The molecule has 0 bridgehead atoms. The molecule has 1 aromatic carbocycles. The number of aromatic amines is 1. The Kier molecular flexibility index (Phi) is 0.897. The number of hydrogen-bond donors (Lipinski definition) is 1. The molecule has 2 rings (SSSR count). The van der Waals surface area contributed by atoms with E-state index in [1.54, 1.807) is 10.7 Å². The Labute approximate surface area is 58.7 Å². The van der Waals surface area contributed by atoms with Gasteiger partial charge in [-0.25, -0.2) is 4.39 Å². The molecule has 10 heavy (non-hydrogen) atoms. The Morgan fingerprint density at radius 3 is 3.00 bits per heavy atom. The fraction of sp³-hybridized carbons (Fsp3) is 0.143. The summed E-state index contributed by atoms with van der Waals surface area (Å²) in [6.07, 6.45) is 0. The number of benzene rings is 1. The summed E-state index contributed by atoms with van der Waals surface area (Å²) in [6.45, 7) is 0. The van der Waals surface area contributed by atoms with Gasteiger partial charge in [-0.05, 0) is 12.1 Å². The zero-order valence-electron chi connectivity index (χ0n) is 5.56. The van der Waals surface area contributed by atoms with Crippen LogP contribution in [0.25, 0.3) is 11.0 Å². The number of nitrogens with one attached hydrogen (secondary N) is 1. The molecule has 0 radical (unpaired) electrons. The lowest BCUT2D eigenvalue weighted by Gasteiger charge is -2.10. The van der Waals surface area contributed by atoms with E-state index in [0.29, 0.717) is 0 Å². The number of nitrogens with zero attached hydrogens (tertiary/aromatic N) is 1. The van der Waals surface area contributed by atoms with Crippen molar-refractivity contribution in [1.82, 2.24) is 9.78 Å². The predicted molar refractivity (Wildman–Crippen MR) is 39.3 cm³/mol. The molecule has 0 spiro atoms. The van der Waals surface area contributed by atoms with Crippen molar-refractivity contribution in [3.8, 4) is 0 Å². The summed E-state index contributed by atoms with van der Waals surface area (Å²) in [6, 6.07) is 4.68. The highest BCUT2D eigenvalue weighted by molar-refractivity contribution is 5.76. The van der Waals surface area contributed by atoms with Gasteiger partial charge in [0.05, 0.1) is 11.0 Å². The first-order valence-electron chi connectivity index (χ1n) is 3.07. The minimum atomic E-state index is -0.188. The first-order chi connectivity index (χ1) is 4.77. The van der Waals surface area contributed by atoms with Crippen LogP contribution in [0.15, 0.2) is 18.2 Å². The maximum atomic E-state index is 12.5. The Bertz CT molecular complexity index is 360. The maximum Gasteiger partial charge on any atom is 0.125 e. The Morgan fingerprint density at radius 1 is 1.60 bits per heavy atom. The quantitative estimate of drug-likeness (QED) is 0.577. The van der Waals surface area contributed by atoms with Crippen molar-refractivity contribution in [3.63, 3.8) is 0 Å². The van der Waals surface area contributed by atoms with Gasteiger partial charge in [-0.2, -0.15) is 0 Å². The minimum Gasteiger partial charge on any atom is -0.296 e. The van der Waals surface area contributed by atoms with Gasteiger partial charge in [-0.15, -0.1) is 0 Å². The molecular weight excluding hydrogens is 131 g/mol. The fourth-order valence-electron chi connectivity index (χ4n) is 1.06. The lowest BCUT2D eigenvalue weighted by atomic mass is 10.3. The van der Waals surface area contributed by atoms with Crippen molar-refractivity contribution in [3.05, 3.63) is 24.0 Å². The first-order valence-corrected chi connectivity index (χ1v) is 3.07. The highest BCUT2D eigenvalue weighted by atomic mass is 19.1. The van der Waals surface area contributed by atoms with Crippen LogP contribution in [0, 0.1) is 5.82 Å². The molecule has 1 aromatic heterocycles. The molecule has 0 unspecified atom stereocenters. The summed E-state index contributed by atoms with van der Waals surface area (Å²) in [5.41, 5.74) is 1.91. The average Bonchev–Trinajstić information content (AvgIpc) is 1.92. The summed E-state index contributed by atoms with van der Waals surface area (Å²) in [7, 11) is 1.85. The highest BCUT2D eigenvalue weighted by Crippen LogP contribution is 2.13. The number of fused-ring (bicyclic) bond motifs is 1. The second-order valence-corrected chi connectivity index (χ2v) is 2.33. The molecule has 1 N–H and O–H groups in total. The van der Waals surface area contributed by atoms with E-state index < -0.39 is 0 Å².